The normalized spacial score (nSPS) is 14.0. The molecule has 0 atom stereocenters. The van der Waals surface area contributed by atoms with Crippen LogP contribution in [0.2, 0.25) is 0 Å². The van der Waals surface area contributed by atoms with Crippen molar-refractivity contribution in [2.45, 2.75) is 30.2 Å². The van der Waals surface area contributed by atoms with Crippen molar-refractivity contribution in [1.29, 1.82) is 0 Å². The fourth-order valence-corrected chi connectivity index (χ4v) is 4.51. The smallest absolute Gasteiger partial charge is 0.232 e. The van der Waals surface area contributed by atoms with E-state index in [1.165, 1.54) is 19.3 Å². The van der Waals surface area contributed by atoms with Gasteiger partial charge in [0, 0.05) is 30.0 Å². The highest BCUT2D eigenvalue weighted by Gasteiger charge is 2.21. The van der Waals surface area contributed by atoms with Gasteiger partial charge in [-0.05, 0) is 49.6 Å². The van der Waals surface area contributed by atoms with Gasteiger partial charge in [-0.3, -0.25) is 9.36 Å². The highest BCUT2D eigenvalue weighted by molar-refractivity contribution is 7.98. The van der Waals surface area contributed by atoms with Crippen molar-refractivity contribution < 1.29 is 9.53 Å². The molecular formula is C22H24N4O2S. The molecule has 0 aliphatic carbocycles. The number of carbonyl (C=O) groups excluding carboxylic acids is 1. The maximum atomic E-state index is 11.2. The lowest BCUT2D eigenvalue weighted by molar-refractivity contribution is 0.112. The van der Waals surface area contributed by atoms with Crippen molar-refractivity contribution in [1.82, 2.24) is 14.8 Å². The van der Waals surface area contributed by atoms with Crippen LogP contribution in [0.5, 0.6) is 5.75 Å². The molecule has 1 saturated heterocycles. The summed E-state index contributed by atoms with van der Waals surface area (Å²) < 4.78 is 7.60. The third-order valence-corrected chi connectivity index (χ3v) is 6.04. The van der Waals surface area contributed by atoms with Crippen molar-refractivity contribution in [2.75, 3.05) is 25.1 Å². The Labute approximate surface area is 174 Å². The Morgan fingerprint density at radius 1 is 1.07 bits per heavy atom. The van der Waals surface area contributed by atoms with Crippen LogP contribution >= 0.6 is 11.8 Å². The van der Waals surface area contributed by atoms with Gasteiger partial charge in [0.2, 0.25) is 5.95 Å². The number of hydrogen-bond acceptors (Lipinski definition) is 6. The zero-order valence-corrected chi connectivity index (χ0v) is 17.3. The number of aromatic nitrogens is 3. The fourth-order valence-electron chi connectivity index (χ4n) is 3.58. The number of rotatable bonds is 7. The van der Waals surface area contributed by atoms with Crippen LogP contribution < -0.4 is 9.64 Å². The number of carbonyl (C=O) groups is 1. The summed E-state index contributed by atoms with van der Waals surface area (Å²) in [6.07, 6.45) is 4.48. The van der Waals surface area contributed by atoms with Gasteiger partial charge in [0.25, 0.3) is 0 Å². The molecule has 1 fully saturated rings. The van der Waals surface area contributed by atoms with E-state index in [0.717, 1.165) is 47.5 Å². The van der Waals surface area contributed by atoms with E-state index < -0.39 is 0 Å². The molecule has 0 spiro atoms. The fraction of sp³-hybridized carbons (Fsp3) is 0.318. The summed E-state index contributed by atoms with van der Waals surface area (Å²) in [5, 5.41) is 9.87. The zero-order valence-electron chi connectivity index (χ0n) is 16.5. The molecule has 2 aromatic carbocycles. The molecule has 0 bridgehead atoms. The topological polar surface area (TPSA) is 60.2 Å². The first-order valence-corrected chi connectivity index (χ1v) is 10.8. The van der Waals surface area contributed by atoms with Gasteiger partial charge in [0.1, 0.15) is 12.0 Å². The Hall–Kier alpha value is -2.80. The van der Waals surface area contributed by atoms with Gasteiger partial charge in [-0.2, -0.15) is 0 Å². The molecule has 6 nitrogen and oxygen atoms in total. The second kappa shape index (κ2) is 9.13. The summed E-state index contributed by atoms with van der Waals surface area (Å²) >= 11 is 1.60. The van der Waals surface area contributed by atoms with Gasteiger partial charge in [-0.15, -0.1) is 10.2 Å². The van der Waals surface area contributed by atoms with E-state index in [-0.39, 0.29) is 0 Å². The van der Waals surface area contributed by atoms with E-state index >= 15 is 0 Å². The minimum Gasteiger partial charge on any atom is -0.496 e. The number of piperidine rings is 1. The predicted octanol–water partition coefficient (Wildman–Crippen LogP) is 4.37. The van der Waals surface area contributed by atoms with E-state index in [0.29, 0.717) is 11.3 Å². The molecule has 1 aromatic heterocycles. The molecule has 1 aliphatic rings. The standard InChI is InChI=1S/C22H24N4O2S/c1-28-20-11-10-17(15-27)14-18(20)16-29-22-24-23-21(25-12-6-3-7-13-25)26(22)19-8-4-2-5-9-19/h2,4-5,8-11,14-15H,3,6-7,12-13,16H2,1H3. The number of methoxy groups -OCH3 is 1. The van der Waals surface area contributed by atoms with Crippen LogP contribution in [0.15, 0.2) is 53.7 Å². The van der Waals surface area contributed by atoms with Crippen molar-refractivity contribution in [3.05, 3.63) is 59.7 Å². The molecule has 2 heterocycles. The summed E-state index contributed by atoms with van der Waals surface area (Å²) in [5.41, 5.74) is 2.65. The monoisotopic (exact) mass is 408 g/mol. The Morgan fingerprint density at radius 3 is 2.59 bits per heavy atom. The van der Waals surface area contributed by atoms with Crippen molar-refractivity contribution in [2.24, 2.45) is 0 Å². The second-order valence-corrected chi connectivity index (χ2v) is 7.92. The van der Waals surface area contributed by atoms with E-state index in [2.05, 4.69) is 31.8 Å². The highest BCUT2D eigenvalue weighted by atomic mass is 32.2. The Balaban J connectivity index is 1.66. The van der Waals surface area contributed by atoms with Crippen LogP contribution in [0, 0.1) is 0 Å². The molecule has 4 rings (SSSR count). The van der Waals surface area contributed by atoms with Crippen LogP contribution in [0.1, 0.15) is 35.2 Å². The second-order valence-electron chi connectivity index (χ2n) is 6.98. The molecule has 150 valence electrons. The van der Waals surface area contributed by atoms with Gasteiger partial charge < -0.3 is 9.64 Å². The summed E-state index contributed by atoms with van der Waals surface area (Å²) in [5.74, 6) is 2.30. The lowest BCUT2D eigenvalue weighted by Gasteiger charge is -2.27. The first-order valence-electron chi connectivity index (χ1n) is 9.81. The third-order valence-electron chi connectivity index (χ3n) is 5.07. The average Bonchev–Trinajstić information content (AvgIpc) is 3.22. The van der Waals surface area contributed by atoms with Crippen LogP contribution in [-0.4, -0.2) is 41.2 Å². The van der Waals surface area contributed by atoms with E-state index in [1.807, 2.05) is 30.3 Å². The number of nitrogens with zero attached hydrogens (tertiary/aromatic N) is 4. The third kappa shape index (κ3) is 4.29. The minimum absolute atomic E-state index is 0.635. The van der Waals surface area contributed by atoms with Crippen LogP contribution in [0.25, 0.3) is 5.69 Å². The average molecular weight is 409 g/mol. The van der Waals surface area contributed by atoms with E-state index in [1.54, 1.807) is 24.9 Å². The molecule has 7 heteroatoms. The van der Waals surface area contributed by atoms with E-state index in [9.17, 15) is 4.79 Å². The molecule has 3 aromatic rings. The van der Waals surface area contributed by atoms with E-state index in [4.69, 9.17) is 4.74 Å². The van der Waals surface area contributed by atoms with Gasteiger partial charge in [-0.1, -0.05) is 30.0 Å². The molecule has 0 saturated carbocycles. The predicted molar refractivity (Wildman–Crippen MR) is 115 cm³/mol. The number of benzene rings is 2. The van der Waals surface area contributed by atoms with Gasteiger partial charge in [-0.25, -0.2) is 0 Å². The van der Waals surface area contributed by atoms with Crippen LogP contribution in [0.4, 0.5) is 5.95 Å². The van der Waals surface area contributed by atoms with Gasteiger partial charge in [0.15, 0.2) is 5.16 Å². The number of hydrogen-bond donors (Lipinski definition) is 0. The maximum Gasteiger partial charge on any atom is 0.232 e. The molecule has 0 amide bonds. The number of ether oxygens (including phenoxy) is 1. The molecule has 0 radical (unpaired) electrons. The van der Waals surface area contributed by atoms with Gasteiger partial charge in [0.05, 0.1) is 12.8 Å². The Kier molecular flexibility index (Phi) is 6.14. The summed E-state index contributed by atoms with van der Waals surface area (Å²) in [6.45, 7) is 2.01. The first kappa shape index (κ1) is 19.5. The number of para-hydroxylation sites is 1. The molecular weight excluding hydrogens is 384 g/mol. The largest absolute Gasteiger partial charge is 0.496 e. The van der Waals surface area contributed by atoms with Gasteiger partial charge >= 0.3 is 0 Å². The molecule has 1 aliphatic heterocycles. The molecule has 0 unspecified atom stereocenters. The quantitative estimate of drug-likeness (QED) is 0.427. The summed E-state index contributed by atoms with van der Waals surface area (Å²) in [7, 11) is 1.64. The van der Waals surface area contributed by atoms with Crippen LogP contribution in [0.3, 0.4) is 0 Å². The molecule has 0 N–H and O–H groups in total. The number of thioether (sulfide) groups is 1. The summed E-state index contributed by atoms with van der Waals surface area (Å²) in [6, 6.07) is 15.7. The first-order chi connectivity index (χ1) is 14.3. The Morgan fingerprint density at radius 2 is 1.86 bits per heavy atom. The number of anilines is 1. The number of aldehydes is 1. The van der Waals surface area contributed by atoms with Crippen molar-refractivity contribution >= 4 is 24.0 Å². The van der Waals surface area contributed by atoms with Crippen molar-refractivity contribution in [3.63, 3.8) is 0 Å². The highest BCUT2D eigenvalue weighted by Crippen LogP contribution is 2.32. The summed E-state index contributed by atoms with van der Waals surface area (Å²) in [4.78, 5) is 13.5. The SMILES string of the molecule is COc1ccc(C=O)cc1CSc1nnc(N2CCCCC2)n1-c1ccccc1. The lowest BCUT2D eigenvalue weighted by Crippen LogP contribution is -2.31. The lowest BCUT2D eigenvalue weighted by atomic mass is 10.1. The minimum atomic E-state index is 0.635. The maximum absolute atomic E-state index is 11.2. The zero-order chi connectivity index (χ0) is 20.1. The van der Waals surface area contributed by atoms with Crippen molar-refractivity contribution in [3.8, 4) is 11.4 Å². The Bertz CT molecular complexity index is 968. The van der Waals surface area contributed by atoms with Crippen LogP contribution in [-0.2, 0) is 5.75 Å². The molecule has 29 heavy (non-hydrogen) atoms.